The van der Waals surface area contributed by atoms with Crippen molar-refractivity contribution in [3.05, 3.63) is 34.4 Å². The van der Waals surface area contributed by atoms with E-state index in [1.807, 2.05) is 6.07 Å². The molecule has 0 heterocycles. The predicted octanol–water partition coefficient (Wildman–Crippen LogP) is 1.75. The minimum atomic E-state index is -1.48. The van der Waals surface area contributed by atoms with Crippen molar-refractivity contribution < 1.29 is 29.7 Å². The van der Waals surface area contributed by atoms with E-state index < -0.39 is 47.4 Å². The molecule has 4 rings (SSSR count). The summed E-state index contributed by atoms with van der Waals surface area (Å²) in [4.78, 5) is 40.7. The van der Waals surface area contributed by atoms with Crippen LogP contribution in [0.2, 0.25) is 0 Å². The molecule has 8 nitrogen and oxygen atoms in total. The normalized spacial score (nSPS) is 30.7. The number of rotatable bonds is 6. The lowest BCUT2D eigenvalue weighted by Gasteiger charge is -2.50. The molecular formula is C26H34N2O6. The third kappa shape index (κ3) is 3.73. The fraction of sp³-hybridized carbons (Fsp3) is 0.577. The molecule has 0 aliphatic heterocycles. The molecule has 2 saturated carbocycles. The van der Waals surface area contributed by atoms with Gasteiger partial charge in [-0.1, -0.05) is 25.8 Å². The highest BCUT2D eigenvalue weighted by Crippen LogP contribution is 2.51. The summed E-state index contributed by atoms with van der Waals surface area (Å²) >= 11 is 0. The maximum absolute atomic E-state index is 13.7. The van der Waals surface area contributed by atoms with Gasteiger partial charge in [-0.3, -0.25) is 14.4 Å². The topological polar surface area (TPSA) is 141 Å². The lowest BCUT2D eigenvalue weighted by molar-refractivity contribution is -0.157. The first-order valence-corrected chi connectivity index (χ1v) is 12.1. The second-order valence-corrected chi connectivity index (χ2v) is 10.2. The molecule has 3 aliphatic carbocycles. The number of hydrogen-bond acceptors (Lipinski definition) is 7. The molecule has 2 fully saturated rings. The zero-order valence-electron chi connectivity index (χ0n) is 20.0. The number of carbonyl (C=O) groups is 3. The second kappa shape index (κ2) is 9.15. The number of unbranched alkanes of at least 4 members (excludes halogenated alkanes) is 2. The Morgan fingerprint density at radius 1 is 1.18 bits per heavy atom. The van der Waals surface area contributed by atoms with Crippen LogP contribution in [0, 0.1) is 23.7 Å². The smallest absolute Gasteiger partial charge is 0.230 e. The quantitative estimate of drug-likeness (QED) is 0.367. The van der Waals surface area contributed by atoms with Crippen LogP contribution in [-0.4, -0.2) is 63.9 Å². The molecule has 0 aromatic heterocycles. The summed E-state index contributed by atoms with van der Waals surface area (Å²) < 4.78 is 0. The van der Waals surface area contributed by atoms with E-state index in [1.165, 1.54) is 0 Å². The number of allylic oxidation sites excluding steroid dienone is 1. The Morgan fingerprint density at radius 3 is 2.50 bits per heavy atom. The molecule has 4 unspecified atom stereocenters. The van der Waals surface area contributed by atoms with Crippen LogP contribution in [0.3, 0.4) is 0 Å². The summed E-state index contributed by atoms with van der Waals surface area (Å²) in [5.41, 5.74) is 7.73. The van der Waals surface area contributed by atoms with E-state index in [1.54, 1.807) is 25.1 Å². The molecule has 0 saturated heterocycles. The highest BCUT2D eigenvalue weighted by molar-refractivity contribution is 6.19. The van der Waals surface area contributed by atoms with Gasteiger partial charge in [0.25, 0.3) is 0 Å². The van der Waals surface area contributed by atoms with Crippen LogP contribution in [0.1, 0.15) is 49.3 Å². The number of primary amides is 1. The molecule has 0 spiro atoms. The standard InChI is InChI=1S/C26H34N2O6/c1-4-5-6-7-12-8-9-16(29)18-14(12)10-13-11-15-19(23(31)17(13)22(18)30)24(32)20(26(27)34)25(33)21(15)28(2)3/h8-9,13,15,19-21,25,29-30,33H,4-7,10-11H2,1-3H3,(H2,27,34)/t13-,15+,19?,20?,21?,25?/m0/s1. The van der Waals surface area contributed by atoms with Gasteiger partial charge < -0.3 is 26.0 Å². The largest absolute Gasteiger partial charge is 0.507 e. The number of Topliss-reactive ketones (excluding diaryl/α,β-unsaturated/α-hetero) is 2. The van der Waals surface area contributed by atoms with Gasteiger partial charge in [0.05, 0.1) is 17.6 Å². The minimum absolute atomic E-state index is 0.0980. The number of aliphatic hydroxyl groups is 2. The van der Waals surface area contributed by atoms with Crippen LogP contribution in [0.15, 0.2) is 17.7 Å². The first-order valence-electron chi connectivity index (χ1n) is 12.1. The third-order valence-corrected chi connectivity index (χ3v) is 7.97. The number of likely N-dealkylation sites (N-methyl/N-ethyl adjacent to an activating group) is 1. The van der Waals surface area contributed by atoms with Gasteiger partial charge in [0, 0.05) is 11.6 Å². The molecule has 1 aromatic carbocycles. The van der Waals surface area contributed by atoms with E-state index in [2.05, 4.69) is 6.92 Å². The Balaban J connectivity index is 1.81. The van der Waals surface area contributed by atoms with E-state index in [4.69, 9.17) is 5.73 Å². The summed E-state index contributed by atoms with van der Waals surface area (Å²) in [6.07, 6.45) is 3.49. The highest BCUT2D eigenvalue weighted by atomic mass is 16.3. The number of nitrogens with two attached hydrogens (primary N) is 1. The molecule has 0 radical (unpaired) electrons. The van der Waals surface area contributed by atoms with Crippen LogP contribution < -0.4 is 5.73 Å². The zero-order valence-corrected chi connectivity index (χ0v) is 20.0. The van der Waals surface area contributed by atoms with Crippen molar-refractivity contribution >= 4 is 23.2 Å². The maximum Gasteiger partial charge on any atom is 0.230 e. The summed E-state index contributed by atoms with van der Waals surface area (Å²) in [7, 11) is 3.48. The molecular weight excluding hydrogens is 436 g/mol. The number of aryl methyl sites for hydroxylation is 1. The average molecular weight is 471 g/mol. The zero-order chi connectivity index (χ0) is 24.9. The number of benzene rings is 1. The van der Waals surface area contributed by atoms with Gasteiger partial charge in [0.2, 0.25) is 5.91 Å². The Labute approximate surface area is 199 Å². The number of fused-ring (bicyclic) bond motifs is 3. The van der Waals surface area contributed by atoms with Gasteiger partial charge in [0.1, 0.15) is 17.4 Å². The van der Waals surface area contributed by atoms with Crippen molar-refractivity contribution in [2.45, 2.75) is 57.6 Å². The van der Waals surface area contributed by atoms with Crippen molar-refractivity contribution in [2.24, 2.45) is 29.4 Å². The van der Waals surface area contributed by atoms with Gasteiger partial charge in [-0.2, -0.15) is 0 Å². The maximum atomic E-state index is 13.7. The first kappa shape index (κ1) is 24.4. The average Bonchev–Trinajstić information content (AvgIpc) is 2.74. The summed E-state index contributed by atoms with van der Waals surface area (Å²) in [6, 6.07) is 2.81. The van der Waals surface area contributed by atoms with E-state index in [0.717, 1.165) is 36.8 Å². The fourth-order valence-corrected chi connectivity index (χ4v) is 6.48. The molecule has 0 bridgehead atoms. The number of amides is 1. The number of nitrogens with zero attached hydrogens (tertiary/aromatic N) is 1. The number of phenolic OH excluding ortho intramolecular Hbond substituents is 1. The number of phenols is 1. The van der Waals surface area contributed by atoms with Crippen LogP contribution in [0.5, 0.6) is 5.75 Å². The van der Waals surface area contributed by atoms with E-state index >= 15 is 0 Å². The van der Waals surface area contributed by atoms with Crippen molar-refractivity contribution in [2.75, 3.05) is 14.1 Å². The van der Waals surface area contributed by atoms with Gasteiger partial charge in [-0.05, 0) is 68.8 Å². The molecule has 1 amide bonds. The molecule has 34 heavy (non-hydrogen) atoms. The molecule has 184 valence electrons. The van der Waals surface area contributed by atoms with Crippen LogP contribution in [0.4, 0.5) is 0 Å². The second-order valence-electron chi connectivity index (χ2n) is 10.2. The Morgan fingerprint density at radius 2 is 1.88 bits per heavy atom. The summed E-state index contributed by atoms with van der Waals surface area (Å²) in [6.45, 7) is 2.13. The first-order chi connectivity index (χ1) is 16.1. The van der Waals surface area contributed by atoms with Crippen molar-refractivity contribution in [1.82, 2.24) is 4.90 Å². The molecule has 1 aromatic rings. The van der Waals surface area contributed by atoms with Crippen molar-refractivity contribution in [3.8, 4) is 5.75 Å². The number of ketones is 2. The van der Waals surface area contributed by atoms with Gasteiger partial charge in [-0.15, -0.1) is 0 Å². The molecule has 3 aliphatic rings. The van der Waals surface area contributed by atoms with Gasteiger partial charge in [-0.25, -0.2) is 0 Å². The van der Waals surface area contributed by atoms with E-state index in [9.17, 15) is 29.7 Å². The van der Waals surface area contributed by atoms with Gasteiger partial charge in [0.15, 0.2) is 11.6 Å². The highest BCUT2D eigenvalue weighted by Gasteiger charge is 2.59. The predicted molar refractivity (Wildman–Crippen MR) is 126 cm³/mol. The Bertz CT molecular complexity index is 1060. The monoisotopic (exact) mass is 470 g/mol. The van der Waals surface area contributed by atoms with Crippen LogP contribution >= 0.6 is 0 Å². The SMILES string of the molecule is CCCCCc1ccc(O)c2c1C[C@H]1C[C@@H]3C(C(=O)C1=C2O)C(=O)C(C(N)=O)C(O)C3N(C)C. The molecule has 6 atom stereocenters. The van der Waals surface area contributed by atoms with Gasteiger partial charge >= 0.3 is 0 Å². The lowest BCUT2D eigenvalue weighted by atomic mass is 9.56. The number of aromatic hydroxyl groups is 1. The third-order valence-electron chi connectivity index (χ3n) is 7.97. The summed E-state index contributed by atoms with van der Waals surface area (Å²) in [5.74, 6) is -6.06. The molecule has 8 heteroatoms. The van der Waals surface area contributed by atoms with E-state index in [0.29, 0.717) is 12.8 Å². The molecule has 5 N–H and O–H groups in total. The Hall–Kier alpha value is -2.71. The minimum Gasteiger partial charge on any atom is -0.507 e. The number of aliphatic hydroxyl groups excluding tert-OH is 2. The lowest BCUT2D eigenvalue weighted by Crippen LogP contribution is -2.64. The number of hydrogen-bond donors (Lipinski definition) is 4. The van der Waals surface area contributed by atoms with Crippen molar-refractivity contribution in [1.29, 1.82) is 0 Å². The summed E-state index contributed by atoms with van der Waals surface area (Å²) in [5, 5.41) is 32.7. The fourth-order valence-electron chi connectivity index (χ4n) is 6.48. The number of carbonyl (C=O) groups excluding carboxylic acids is 3. The van der Waals surface area contributed by atoms with E-state index in [-0.39, 0.29) is 28.6 Å². The van der Waals surface area contributed by atoms with Crippen molar-refractivity contribution in [3.63, 3.8) is 0 Å². The van der Waals surface area contributed by atoms with Crippen LogP contribution in [0.25, 0.3) is 5.76 Å². The van der Waals surface area contributed by atoms with Crippen LogP contribution in [-0.2, 0) is 27.2 Å². The Kier molecular flexibility index (Phi) is 6.57.